The average molecular weight is 368 g/mol. The number of amides is 1. The van der Waals surface area contributed by atoms with Crippen molar-refractivity contribution in [2.45, 2.75) is 20.3 Å². The van der Waals surface area contributed by atoms with Crippen LogP contribution in [-0.4, -0.2) is 55.2 Å². The zero-order chi connectivity index (χ0) is 19.1. The summed E-state index contributed by atoms with van der Waals surface area (Å²) in [5.41, 5.74) is 4.83. The molecule has 0 aliphatic carbocycles. The number of nitrogens with zero attached hydrogens (tertiary/aromatic N) is 2. The smallest absolute Gasteiger partial charge is 0.269 e. The molecule has 0 spiro atoms. The highest BCUT2D eigenvalue weighted by Gasteiger charge is 2.12. The van der Waals surface area contributed by atoms with Crippen molar-refractivity contribution in [3.63, 3.8) is 0 Å². The molecule has 3 rings (SSSR count). The van der Waals surface area contributed by atoms with E-state index in [1.807, 2.05) is 6.07 Å². The third-order valence-electron chi connectivity index (χ3n) is 4.82. The van der Waals surface area contributed by atoms with Gasteiger partial charge in [-0.25, -0.2) is 0 Å². The number of hydrogen-bond donors (Lipinski definition) is 2. The summed E-state index contributed by atoms with van der Waals surface area (Å²) < 4.78 is 5.34. The molecule has 2 heterocycles. The first-order valence-electron chi connectivity index (χ1n) is 9.57. The minimum absolute atomic E-state index is 0.146. The molecule has 1 fully saturated rings. The molecule has 27 heavy (non-hydrogen) atoms. The number of hydrogen-bond acceptors (Lipinski definition) is 5. The molecule has 1 aliphatic rings. The number of aryl methyl sites for hydroxylation is 2. The monoisotopic (exact) mass is 368 g/mol. The van der Waals surface area contributed by atoms with Crippen LogP contribution < -0.4 is 10.6 Å². The van der Waals surface area contributed by atoms with Gasteiger partial charge in [-0.1, -0.05) is 25.1 Å². The fourth-order valence-electron chi connectivity index (χ4n) is 3.22. The van der Waals surface area contributed by atoms with E-state index in [9.17, 15) is 4.79 Å². The van der Waals surface area contributed by atoms with Crippen LogP contribution in [-0.2, 0) is 11.2 Å². The molecule has 144 valence electrons. The molecule has 0 radical (unpaired) electrons. The number of benzene rings is 1. The van der Waals surface area contributed by atoms with Crippen LogP contribution >= 0.6 is 0 Å². The first-order valence-corrected chi connectivity index (χ1v) is 9.57. The van der Waals surface area contributed by atoms with Crippen LogP contribution in [0.25, 0.3) is 0 Å². The van der Waals surface area contributed by atoms with Crippen LogP contribution in [0, 0.1) is 6.92 Å². The molecule has 2 N–H and O–H groups in total. The first-order chi connectivity index (χ1) is 13.2. The second-order valence-corrected chi connectivity index (χ2v) is 6.73. The number of rotatable bonds is 7. The van der Waals surface area contributed by atoms with Crippen molar-refractivity contribution in [2.24, 2.45) is 0 Å². The maximum atomic E-state index is 12.4. The molecule has 1 aromatic carbocycles. The normalized spacial score (nSPS) is 14.7. The molecule has 1 saturated heterocycles. The zero-order valence-corrected chi connectivity index (χ0v) is 16.1. The van der Waals surface area contributed by atoms with Gasteiger partial charge in [-0.15, -0.1) is 0 Å². The van der Waals surface area contributed by atoms with Crippen LogP contribution in [0.5, 0.6) is 0 Å². The maximum absolute atomic E-state index is 12.4. The highest BCUT2D eigenvalue weighted by molar-refractivity contribution is 5.93. The summed E-state index contributed by atoms with van der Waals surface area (Å²) in [6.07, 6.45) is 2.62. The van der Waals surface area contributed by atoms with E-state index in [0.717, 1.165) is 50.6 Å². The Hall–Kier alpha value is -2.44. The second kappa shape index (κ2) is 9.48. The predicted molar refractivity (Wildman–Crippen MR) is 108 cm³/mol. The Morgan fingerprint density at radius 1 is 1.26 bits per heavy atom. The Bertz CT molecular complexity index is 773. The van der Waals surface area contributed by atoms with Crippen LogP contribution in [0.3, 0.4) is 0 Å². The van der Waals surface area contributed by atoms with Crippen molar-refractivity contribution in [3.05, 3.63) is 53.3 Å². The van der Waals surface area contributed by atoms with Gasteiger partial charge < -0.3 is 15.4 Å². The number of carbonyl (C=O) groups excluding carboxylic acids is 1. The van der Waals surface area contributed by atoms with Crippen LogP contribution in [0.1, 0.15) is 28.5 Å². The Balaban J connectivity index is 1.60. The fourth-order valence-corrected chi connectivity index (χ4v) is 3.22. The molecule has 1 aliphatic heterocycles. The highest BCUT2D eigenvalue weighted by Crippen LogP contribution is 2.25. The summed E-state index contributed by atoms with van der Waals surface area (Å²) >= 11 is 0. The molecule has 0 unspecified atom stereocenters. The minimum atomic E-state index is -0.146. The van der Waals surface area contributed by atoms with Crippen molar-refractivity contribution < 1.29 is 9.53 Å². The second-order valence-electron chi connectivity index (χ2n) is 6.73. The molecule has 0 bridgehead atoms. The van der Waals surface area contributed by atoms with Gasteiger partial charge in [0.05, 0.1) is 13.2 Å². The molecule has 6 heteroatoms. The van der Waals surface area contributed by atoms with E-state index in [2.05, 4.69) is 52.6 Å². The number of para-hydroxylation sites is 1. The molecular weight excluding hydrogens is 340 g/mol. The van der Waals surface area contributed by atoms with E-state index < -0.39 is 0 Å². The van der Waals surface area contributed by atoms with Crippen molar-refractivity contribution in [1.82, 2.24) is 15.2 Å². The summed E-state index contributed by atoms with van der Waals surface area (Å²) in [6.45, 7) is 9.03. The molecule has 6 nitrogen and oxygen atoms in total. The van der Waals surface area contributed by atoms with Crippen molar-refractivity contribution in [2.75, 3.05) is 44.7 Å². The summed E-state index contributed by atoms with van der Waals surface area (Å²) in [7, 11) is 0. The Kier molecular flexibility index (Phi) is 6.79. The van der Waals surface area contributed by atoms with E-state index in [0.29, 0.717) is 12.2 Å². The predicted octanol–water partition coefficient (Wildman–Crippen LogP) is 2.76. The molecular formula is C21H28N4O2. The van der Waals surface area contributed by atoms with Gasteiger partial charge >= 0.3 is 0 Å². The standard InChI is InChI=1S/C21H28N4O2/c1-3-17-6-4-5-16(2)20(17)24-18-7-8-22-19(15-18)21(26)23-9-10-25-11-13-27-14-12-25/h4-8,15H,3,9-14H2,1-2H3,(H,22,24)(H,23,26). The number of ether oxygens (including phenoxy) is 1. The fraction of sp³-hybridized carbons (Fsp3) is 0.429. The largest absolute Gasteiger partial charge is 0.379 e. The number of anilines is 2. The highest BCUT2D eigenvalue weighted by atomic mass is 16.5. The SMILES string of the molecule is CCc1cccc(C)c1Nc1ccnc(C(=O)NCCN2CCOCC2)c1. The van der Waals surface area contributed by atoms with E-state index >= 15 is 0 Å². The van der Waals surface area contributed by atoms with Crippen molar-refractivity contribution >= 4 is 17.3 Å². The van der Waals surface area contributed by atoms with Crippen LogP contribution in [0.4, 0.5) is 11.4 Å². The van der Waals surface area contributed by atoms with Gasteiger partial charge in [0.25, 0.3) is 5.91 Å². The zero-order valence-electron chi connectivity index (χ0n) is 16.1. The van der Waals surface area contributed by atoms with Crippen molar-refractivity contribution in [3.8, 4) is 0 Å². The number of pyridine rings is 1. The van der Waals surface area contributed by atoms with E-state index in [-0.39, 0.29) is 5.91 Å². The Labute approximate surface area is 160 Å². The number of carbonyl (C=O) groups is 1. The van der Waals surface area contributed by atoms with Gasteiger partial charge in [-0.3, -0.25) is 14.7 Å². The molecule has 2 aromatic rings. The minimum Gasteiger partial charge on any atom is -0.379 e. The molecule has 0 saturated carbocycles. The number of nitrogens with one attached hydrogen (secondary N) is 2. The van der Waals surface area contributed by atoms with Gasteiger partial charge in [0.15, 0.2) is 0 Å². The van der Waals surface area contributed by atoms with Gasteiger partial charge in [0.2, 0.25) is 0 Å². The molecule has 1 amide bonds. The maximum Gasteiger partial charge on any atom is 0.269 e. The topological polar surface area (TPSA) is 66.5 Å². The summed E-state index contributed by atoms with van der Waals surface area (Å²) in [4.78, 5) is 19.0. The van der Waals surface area contributed by atoms with Gasteiger partial charge in [-0.2, -0.15) is 0 Å². The van der Waals surface area contributed by atoms with E-state index in [1.165, 1.54) is 11.1 Å². The average Bonchev–Trinajstić information content (AvgIpc) is 2.70. The Morgan fingerprint density at radius 2 is 2.07 bits per heavy atom. The third kappa shape index (κ3) is 5.28. The van der Waals surface area contributed by atoms with E-state index in [1.54, 1.807) is 12.3 Å². The lowest BCUT2D eigenvalue weighted by atomic mass is 10.1. The van der Waals surface area contributed by atoms with Crippen molar-refractivity contribution in [1.29, 1.82) is 0 Å². The quantitative estimate of drug-likeness (QED) is 0.787. The Morgan fingerprint density at radius 3 is 2.85 bits per heavy atom. The summed E-state index contributed by atoms with van der Waals surface area (Å²) in [5.74, 6) is -0.146. The van der Waals surface area contributed by atoms with Crippen LogP contribution in [0.15, 0.2) is 36.5 Å². The summed E-state index contributed by atoms with van der Waals surface area (Å²) in [5, 5.41) is 6.41. The third-order valence-corrected chi connectivity index (χ3v) is 4.82. The molecule has 0 atom stereocenters. The van der Waals surface area contributed by atoms with E-state index in [4.69, 9.17) is 4.74 Å². The van der Waals surface area contributed by atoms with Gasteiger partial charge in [-0.05, 0) is 36.6 Å². The first kappa shape index (κ1) is 19.3. The molecule has 1 aromatic heterocycles. The number of aromatic nitrogens is 1. The van der Waals surface area contributed by atoms with Crippen LogP contribution in [0.2, 0.25) is 0 Å². The van der Waals surface area contributed by atoms with Gasteiger partial charge in [0, 0.05) is 43.8 Å². The summed E-state index contributed by atoms with van der Waals surface area (Å²) in [6, 6.07) is 9.96. The lowest BCUT2D eigenvalue weighted by Gasteiger charge is -2.26. The number of morpholine rings is 1. The van der Waals surface area contributed by atoms with Gasteiger partial charge in [0.1, 0.15) is 5.69 Å². The lowest BCUT2D eigenvalue weighted by Crippen LogP contribution is -2.41. The lowest BCUT2D eigenvalue weighted by molar-refractivity contribution is 0.0383.